The van der Waals surface area contributed by atoms with Crippen LogP contribution in [0.2, 0.25) is 0 Å². The number of benzene rings is 1. The van der Waals surface area contributed by atoms with Crippen molar-refractivity contribution in [3.05, 3.63) is 23.8 Å². The first-order chi connectivity index (χ1) is 15.4. The molecule has 2 N–H and O–H groups in total. The summed E-state index contributed by atoms with van der Waals surface area (Å²) in [5.74, 6) is 1.04. The summed E-state index contributed by atoms with van der Waals surface area (Å²) in [6.45, 7) is 9.57. The Bertz CT molecular complexity index is 795. The number of carbonyl (C=O) groups is 2. The standard InChI is InChI=1S/C23H36N4O5/c1-23(2,27-10-12-32-13-11-27)16-25-20(28)14-18-22(29)24-8-9-26(18)15-17-6-5-7-19(30-3)21(17)31-4/h5-7,18H,8-16H2,1-4H3,(H,24,29)(H,25,28). The first kappa shape index (κ1) is 24.3. The normalized spacial score (nSPS) is 20.5. The Hall–Kier alpha value is -2.36. The summed E-state index contributed by atoms with van der Waals surface area (Å²) in [4.78, 5) is 29.8. The second-order valence-electron chi connectivity index (χ2n) is 8.82. The number of morpholine rings is 1. The number of amides is 2. The first-order valence-electron chi connectivity index (χ1n) is 11.2. The molecule has 1 atom stereocenters. The zero-order valence-corrected chi connectivity index (χ0v) is 19.6. The smallest absolute Gasteiger partial charge is 0.237 e. The number of para-hydroxylation sites is 1. The monoisotopic (exact) mass is 448 g/mol. The van der Waals surface area contributed by atoms with Crippen LogP contribution < -0.4 is 20.1 Å². The lowest BCUT2D eigenvalue weighted by Crippen LogP contribution is -2.58. The average Bonchev–Trinajstić information content (AvgIpc) is 2.80. The molecule has 2 heterocycles. The maximum Gasteiger partial charge on any atom is 0.237 e. The van der Waals surface area contributed by atoms with Crippen LogP contribution in [0.1, 0.15) is 25.8 Å². The predicted molar refractivity (Wildman–Crippen MR) is 121 cm³/mol. The lowest BCUT2D eigenvalue weighted by molar-refractivity contribution is -0.134. The van der Waals surface area contributed by atoms with Gasteiger partial charge in [0.2, 0.25) is 11.8 Å². The van der Waals surface area contributed by atoms with Crippen LogP contribution in [0.3, 0.4) is 0 Å². The molecule has 2 aliphatic heterocycles. The molecule has 2 aliphatic rings. The van der Waals surface area contributed by atoms with E-state index < -0.39 is 6.04 Å². The molecule has 0 radical (unpaired) electrons. The molecular weight excluding hydrogens is 412 g/mol. The molecule has 1 unspecified atom stereocenters. The highest BCUT2D eigenvalue weighted by atomic mass is 16.5. The third-order valence-corrected chi connectivity index (χ3v) is 6.26. The molecule has 0 aromatic heterocycles. The van der Waals surface area contributed by atoms with Gasteiger partial charge in [0.15, 0.2) is 11.5 Å². The third kappa shape index (κ3) is 5.90. The van der Waals surface area contributed by atoms with Gasteiger partial charge in [-0.3, -0.25) is 19.4 Å². The molecule has 2 fully saturated rings. The summed E-state index contributed by atoms with van der Waals surface area (Å²) in [6, 6.07) is 5.16. The van der Waals surface area contributed by atoms with Crippen molar-refractivity contribution in [2.75, 3.05) is 60.2 Å². The molecule has 178 valence electrons. The molecule has 9 nitrogen and oxygen atoms in total. The van der Waals surface area contributed by atoms with Gasteiger partial charge in [-0.25, -0.2) is 0 Å². The van der Waals surface area contributed by atoms with Crippen LogP contribution in [0.15, 0.2) is 18.2 Å². The molecule has 1 aromatic carbocycles. The molecule has 0 aliphatic carbocycles. The maximum absolute atomic E-state index is 12.8. The zero-order valence-electron chi connectivity index (χ0n) is 19.6. The Balaban J connectivity index is 1.63. The van der Waals surface area contributed by atoms with E-state index in [0.29, 0.717) is 50.9 Å². The number of hydrogen-bond acceptors (Lipinski definition) is 7. The van der Waals surface area contributed by atoms with Crippen LogP contribution in [0, 0.1) is 0 Å². The molecule has 0 spiro atoms. The largest absolute Gasteiger partial charge is 0.493 e. The van der Waals surface area contributed by atoms with Crippen molar-refractivity contribution in [3.63, 3.8) is 0 Å². The summed E-state index contributed by atoms with van der Waals surface area (Å²) in [5.41, 5.74) is 0.738. The van der Waals surface area contributed by atoms with E-state index in [2.05, 4.69) is 29.4 Å². The zero-order chi connectivity index (χ0) is 23.1. The molecule has 1 aromatic rings. The van der Waals surface area contributed by atoms with Crippen LogP contribution >= 0.6 is 0 Å². The molecule has 9 heteroatoms. The number of nitrogens with zero attached hydrogens (tertiary/aromatic N) is 2. The van der Waals surface area contributed by atoms with Crippen molar-refractivity contribution in [1.82, 2.24) is 20.4 Å². The number of carbonyl (C=O) groups excluding carboxylic acids is 2. The highest BCUT2D eigenvalue weighted by Gasteiger charge is 2.33. The van der Waals surface area contributed by atoms with E-state index in [4.69, 9.17) is 14.2 Å². The van der Waals surface area contributed by atoms with Gasteiger partial charge in [-0.1, -0.05) is 12.1 Å². The first-order valence-corrected chi connectivity index (χ1v) is 11.2. The number of ether oxygens (including phenoxy) is 3. The quantitative estimate of drug-likeness (QED) is 0.572. The molecule has 0 saturated carbocycles. The van der Waals surface area contributed by atoms with Gasteiger partial charge in [0.05, 0.1) is 39.9 Å². The Morgan fingerprint density at radius 3 is 2.66 bits per heavy atom. The fourth-order valence-electron chi connectivity index (χ4n) is 4.31. The van der Waals surface area contributed by atoms with Crippen LogP contribution in [-0.4, -0.2) is 93.4 Å². The van der Waals surface area contributed by atoms with Gasteiger partial charge in [0, 0.05) is 50.4 Å². The van der Waals surface area contributed by atoms with E-state index >= 15 is 0 Å². The van der Waals surface area contributed by atoms with Gasteiger partial charge in [0.25, 0.3) is 0 Å². The van der Waals surface area contributed by atoms with Crippen molar-refractivity contribution < 1.29 is 23.8 Å². The second-order valence-corrected chi connectivity index (χ2v) is 8.82. The highest BCUT2D eigenvalue weighted by molar-refractivity contribution is 5.88. The van der Waals surface area contributed by atoms with E-state index in [1.807, 2.05) is 23.1 Å². The van der Waals surface area contributed by atoms with Gasteiger partial charge in [-0.15, -0.1) is 0 Å². The SMILES string of the molecule is COc1cccc(CN2CCNC(=O)C2CC(=O)NCC(C)(C)N2CCOCC2)c1OC. The van der Waals surface area contributed by atoms with E-state index in [1.165, 1.54) is 0 Å². The van der Waals surface area contributed by atoms with Crippen LogP contribution in [0.4, 0.5) is 0 Å². The summed E-state index contributed by atoms with van der Waals surface area (Å²) in [5, 5.41) is 5.93. The Morgan fingerprint density at radius 2 is 1.97 bits per heavy atom. The summed E-state index contributed by atoms with van der Waals surface area (Å²) < 4.78 is 16.4. The molecule has 2 amide bonds. The molecule has 3 rings (SSSR count). The Labute approximate surface area is 190 Å². The second kappa shape index (κ2) is 11.0. The van der Waals surface area contributed by atoms with E-state index in [-0.39, 0.29) is 23.8 Å². The van der Waals surface area contributed by atoms with Gasteiger partial charge in [-0.05, 0) is 19.9 Å². The highest BCUT2D eigenvalue weighted by Crippen LogP contribution is 2.32. The van der Waals surface area contributed by atoms with Crippen LogP contribution in [-0.2, 0) is 20.9 Å². The lowest BCUT2D eigenvalue weighted by atomic mass is 10.0. The fourth-order valence-corrected chi connectivity index (χ4v) is 4.31. The van der Waals surface area contributed by atoms with E-state index in [0.717, 1.165) is 18.7 Å². The molecular formula is C23H36N4O5. The fraction of sp³-hybridized carbons (Fsp3) is 0.652. The lowest BCUT2D eigenvalue weighted by Gasteiger charge is -2.41. The summed E-state index contributed by atoms with van der Waals surface area (Å²) >= 11 is 0. The van der Waals surface area contributed by atoms with Crippen molar-refractivity contribution >= 4 is 11.8 Å². The summed E-state index contributed by atoms with van der Waals surface area (Å²) in [6.07, 6.45) is 0.108. The Morgan fingerprint density at radius 1 is 1.22 bits per heavy atom. The minimum Gasteiger partial charge on any atom is -0.493 e. The maximum atomic E-state index is 12.8. The number of methoxy groups -OCH3 is 2. The predicted octanol–water partition coefficient (Wildman–Crippen LogP) is 0.621. The van der Waals surface area contributed by atoms with Crippen molar-refractivity contribution in [3.8, 4) is 11.5 Å². The van der Waals surface area contributed by atoms with Crippen LogP contribution in [0.25, 0.3) is 0 Å². The minimum atomic E-state index is -0.536. The van der Waals surface area contributed by atoms with Gasteiger partial charge in [0.1, 0.15) is 0 Å². The van der Waals surface area contributed by atoms with E-state index in [9.17, 15) is 9.59 Å². The minimum absolute atomic E-state index is 0.108. The topological polar surface area (TPSA) is 92.4 Å². The number of rotatable bonds is 9. The Kier molecular flexibility index (Phi) is 8.33. The van der Waals surface area contributed by atoms with Crippen molar-refractivity contribution in [2.24, 2.45) is 0 Å². The van der Waals surface area contributed by atoms with Gasteiger partial charge in [-0.2, -0.15) is 0 Å². The number of hydrogen-bond donors (Lipinski definition) is 2. The van der Waals surface area contributed by atoms with Crippen molar-refractivity contribution in [2.45, 2.75) is 38.4 Å². The summed E-state index contributed by atoms with van der Waals surface area (Å²) in [7, 11) is 3.20. The van der Waals surface area contributed by atoms with Crippen molar-refractivity contribution in [1.29, 1.82) is 0 Å². The van der Waals surface area contributed by atoms with Gasteiger partial charge < -0.3 is 24.8 Å². The molecule has 0 bridgehead atoms. The van der Waals surface area contributed by atoms with Crippen LogP contribution in [0.5, 0.6) is 11.5 Å². The number of nitrogens with one attached hydrogen (secondary N) is 2. The van der Waals surface area contributed by atoms with Gasteiger partial charge >= 0.3 is 0 Å². The number of piperazine rings is 1. The molecule has 2 saturated heterocycles. The average molecular weight is 449 g/mol. The van der Waals surface area contributed by atoms with E-state index in [1.54, 1.807) is 14.2 Å². The molecule has 32 heavy (non-hydrogen) atoms. The third-order valence-electron chi connectivity index (χ3n) is 6.26.